The van der Waals surface area contributed by atoms with Crippen LogP contribution in [0.25, 0.3) is 0 Å². The smallest absolute Gasteiger partial charge is 0.314 e. The molecule has 0 heterocycles. The van der Waals surface area contributed by atoms with E-state index in [1.807, 2.05) is 30.3 Å². The van der Waals surface area contributed by atoms with Crippen molar-refractivity contribution in [3.05, 3.63) is 35.9 Å². The number of ether oxygens (including phenoxy) is 2. The topological polar surface area (TPSA) is 67.8 Å². The summed E-state index contributed by atoms with van der Waals surface area (Å²) in [5.41, 5.74) is 0.921. The highest BCUT2D eigenvalue weighted by atomic mass is 16.5. The van der Waals surface area contributed by atoms with E-state index in [-0.39, 0.29) is 11.9 Å². The molecule has 0 spiro atoms. The van der Waals surface area contributed by atoms with Gasteiger partial charge in [0.05, 0.1) is 25.7 Å². The minimum atomic E-state index is -0.485. The maximum atomic E-state index is 11.8. The van der Waals surface area contributed by atoms with Gasteiger partial charge in [0.15, 0.2) is 0 Å². The maximum absolute atomic E-state index is 11.8. The number of carbonyl (C=O) groups is 1. The van der Waals surface area contributed by atoms with E-state index >= 15 is 0 Å². The number of aliphatic hydroxyl groups is 1. The van der Waals surface area contributed by atoms with Gasteiger partial charge in [0.1, 0.15) is 0 Å². The molecule has 5 heteroatoms. The Kier molecular flexibility index (Phi) is 7.87. The first kappa shape index (κ1) is 16.6. The lowest BCUT2D eigenvalue weighted by molar-refractivity contribution is -0.142. The van der Waals surface area contributed by atoms with Gasteiger partial charge in [0, 0.05) is 13.7 Å². The lowest BCUT2D eigenvalue weighted by atomic mass is 9.99. The second-order valence-electron chi connectivity index (χ2n) is 4.59. The van der Waals surface area contributed by atoms with Crippen LogP contribution in [0.5, 0.6) is 0 Å². The lowest BCUT2D eigenvalue weighted by Crippen LogP contribution is -2.30. The van der Waals surface area contributed by atoms with Crippen LogP contribution in [-0.2, 0) is 14.3 Å². The summed E-state index contributed by atoms with van der Waals surface area (Å²) >= 11 is 0. The predicted octanol–water partition coefficient (Wildman–Crippen LogP) is 0.930. The maximum Gasteiger partial charge on any atom is 0.314 e. The molecule has 112 valence electrons. The van der Waals surface area contributed by atoms with Gasteiger partial charge >= 0.3 is 5.97 Å². The summed E-state index contributed by atoms with van der Waals surface area (Å²) in [5, 5.41) is 12.7. The lowest BCUT2D eigenvalue weighted by Gasteiger charge is -2.16. The Hall–Kier alpha value is -1.43. The van der Waals surface area contributed by atoms with E-state index in [2.05, 4.69) is 5.32 Å². The molecule has 0 aliphatic heterocycles. The van der Waals surface area contributed by atoms with Crippen LogP contribution < -0.4 is 5.32 Å². The number of aliphatic hydroxyl groups excluding tert-OH is 1. The van der Waals surface area contributed by atoms with Crippen LogP contribution in [0.1, 0.15) is 17.9 Å². The number of hydrogen-bond donors (Lipinski definition) is 2. The minimum Gasteiger partial charge on any atom is -0.469 e. The van der Waals surface area contributed by atoms with Crippen LogP contribution in [0.15, 0.2) is 30.3 Å². The Labute approximate surface area is 119 Å². The molecule has 2 atom stereocenters. The van der Waals surface area contributed by atoms with Gasteiger partial charge in [0.2, 0.25) is 0 Å². The summed E-state index contributed by atoms with van der Waals surface area (Å²) in [6.07, 6.45) is 0.0945. The molecule has 0 aromatic heterocycles. The SMILES string of the molecule is COCC(O)CCNCC(C(=O)OC)c1ccccc1. The molecule has 0 fully saturated rings. The Bertz CT molecular complexity index is 383. The molecule has 0 saturated carbocycles. The zero-order chi connectivity index (χ0) is 14.8. The van der Waals surface area contributed by atoms with Crippen molar-refractivity contribution in [3.63, 3.8) is 0 Å². The minimum absolute atomic E-state index is 0.263. The summed E-state index contributed by atoms with van der Waals surface area (Å²) in [5.74, 6) is -0.595. The molecule has 0 bridgehead atoms. The number of benzene rings is 1. The Morgan fingerprint density at radius 3 is 2.60 bits per heavy atom. The Balaban J connectivity index is 2.45. The molecule has 0 amide bonds. The highest BCUT2D eigenvalue weighted by Gasteiger charge is 2.20. The Morgan fingerprint density at radius 1 is 1.30 bits per heavy atom. The second kappa shape index (κ2) is 9.47. The van der Waals surface area contributed by atoms with E-state index < -0.39 is 6.10 Å². The van der Waals surface area contributed by atoms with Crippen LogP contribution in [0.3, 0.4) is 0 Å². The third-order valence-electron chi connectivity index (χ3n) is 3.05. The second-order valence-corrected chi connectivity index (χ2v) is 4.59. The largest absolute Gasteiger partial charge is 0.469 e. The van der Waals surface area contributed by atoms with E-state index in [1.54, 1.807) is 7.11 Å². The van der Waals surface area contributed by atoms with Crippen LogP contribution in [0.4, 0.5) is 0 Å². The summed E-state index contributed by atoms with van der Waals surface area (Å²) in [4.78, 5) is 11.8. The summed E-state index contributed by atoms with van der Waals surface area (Å²) < 4.78 is 9.69. The van der Waals surface area contributed by atoms with Gasteiger partial charge in [-0.05, 0) is 18.5 Å². The number of hydrogen-bond acceptors (Lipinski definition) is 5. The molecule has 1 rings (SSSR count). The molecule has 0 aliphatic rings. The van der Waals surface area contributed by atoms with Crippen molar-refractivity contribution in [1.29, 1.82) is 0 Å². The first-order valence-electron chi connectivity index (χ1n) is 6.69. The zero-order valence-corrected chi connectivity index (χ0v) is 12.0. The fraction of sp³-hybridized carbons (Fsp3) is 0.533. The molecule has 0 saturated heterocycles. The van der Waals surface area contributed by atoms with Crippen molar-refractivity contribution in [1.82, 2.24) is 5.32 Å². The molecule has 2 N–H and O–H groups in total. The van der Waals surface area contributed by atoms with E-state index in [9.17, 15) is 9.90 Å². The van der Waals surface area contributed by atoms with Crippen molar-refractivity contribution in [2.24, 2.45) is 0 Å². The van der Waals surface area contributed by atoms with Gasteiger partial charge < -0.3 is 19.9 Å². The number of rotatable bonds is 9. The van der Waals surface area contributed by atoms with E-state index in [0.29, 0.717) is 26.1 Å². The predicted molar refractivity (Wildman–Crippen MR) is 76.6 cm³/mol. The fourth-order valence-corrected chi connectivity index (χ4v) is 1.96. The van der Waals surface area contributed by atoms with Gasteiger partial charge in [-0.2, -0.15) is 0 Å². The van der Waals surface area contributed by atoms with E-state index in [0.717, 1.165) is 5.56 Å². The molecule has 0 aliphatic carbocycles. The quantitative estimate of drug-likeness (QED) is 0.520. The first-order chi connectivity index (χ1) is 9.69. The number of esters is 1. The molecule has 5 nitrogen and oxygen atoms in total. The van der Waals surface area contributed by atoms with E-state index in [4.69, 9.17) is 9.47 Å². The first-order valence-corrected chi connectivity index (χ1v) is 6.69. The van der Waals surface area contributed by atoms with Crippen molar-refractivity contribution in [2.45, 2.75) is 18.4 Å². The Morgan fingerprint density at radius 2 is 2.00 bits per heavy atom. The average Bonchev–Trinajstić information content (AvgIpc) is 2.48. The summed E-state index contributed by atoms with van der Waals surface area (Å²) in [6.45, 7) is 1.42. The fourth-order valence-electron chi connectivity index (χ4n) is 1.96. The molecular weight excluding hydrogens is 258 g/mol. The molecule has 20 heavy (non-hydrogen) atoms. The third-order valence-corrected chi connectivity index (χ3v) is 3.05. The van der Waals surface area contributed by atoms with Crippen LogP contribution in [0.2, 0.25) is 0 Å². The van der Waals surface area contributed by atoms with Crippen molar-refractivity contribution < 1.29 is 19.4 Å². The monoisotopic (exact) mass is 281 g/mol. The van der Waals surface area contributed by atoms with E-state index in [1.165, 1.54) is 7.11 Å². The van der Waals surface area contributed by atoms with Gasteiger partial charge in [0.25, 0.3) is 0 Å². The van der Waals surface area contributed by atoms with Gasteiger partial charge in [-0.3, -0.25) is 4.79 Å². The van der Waals surface area contributed by atoms with Crippen LogP contribution in [-0.4, -0.2) is 51.1 Å². The number of nitrogens with one attached hydrogen (secondary N) is 1. The van der Waals surface area contributed by atoms with Crippen LogP contribution >= 0.6 is 0 Å². The highest BCUT2D eigenvalue weighted by molar-refractivity contribution is 5.78. The van der Waals surface area contributed by atoms with Crippen LogP contribution in [0, 0.1) is 0 Å². The summed E-state index contributed by atoms with van der Waals surface area (Å²) in [7, 11) is 2.94. The number of carbonyl (C=O) groups excluding carboxylic acids is 1. The normalized spacial score (nSPS) is 13.8. The van der Waals surface area contributed by atoms with Crippen molar-refractivity contribution in [3.8, 4) is 0 Å². The zero-order valence-electron chi connectivity index (χ0n) is 12.0. The van der Waals surface area contributed by atoms with Gasteiger partial charge in [-0.1, -0.05) is 30.3 Å². The van der Waals surface area contributed by atoms with Gasteiger partial charge in [-0.25, -0.2) is 0 Å². The summed E-state index contributed by atoms with van der Waals surface area (Å²) in [6, 6.07) is 9.51. The standard InChI is InChI=1S/C15H23NO4/c1-19-11-13(17)8-9-16-10-14(15(18)20-2)12-6-4-3-5-7-12/h3-7,13-14,16-17H,8-11H2,1-2H3. The van der Waals surface area contributed by atoms with Gasteiger partial charge in [-0.15, -0.1) is 0 Å². The molecule has 1 aromatic carbocycles. The van der Waals surface area contributed by atoms with Crippen molar-refractivity contribution >= 4 is 5.97 Å². The molecule has 2 unspecified atom stereocenters. The highest BCUT2D eigenvalue weighted by Crippen LogP contribution is 2.16. The molecule has 0 radical (unpaired) electrons. The molecule has 1 aromatic rings. The molecular formula is C15H23NO4. The third kappa shape index (κ3) is 5.69. The number of methoxy groups -OCH3 is 2. The average molecular weight is 281 g/mol. The van der Waals surface area contributed by atoms with Crippen molar-refractivity contribution in [2.75, 3.05) is 33.9 Å².